The summed E-state index contributed by atoms with van der Waals surface area (Å²) in [5.41, 5.74) is 2.42. The van der Waals surface area contributed by atoms with E-state index < -0.39 is 0 Å². The largest absolute Gasteiger partial charge is 0.388 e. The highest BCUT2D eigenvalue weighted by molar-refractivity contribution is 5.49. The van der Waals surface area contributed by atoms with Crippen LogP contribution in [0.25, 0.3) is 0 Å². The Bertz CT molecular complexity index is 422. The van der Waals surface area contributed by atoms with Crippen LogP contribution in [0.4, 0.5) is 5.69 Å². The molecule has 20 heavy (non-hydrogen) atoms. The van der Waals surface area contributed by atoms with E-state index in [1.807, 2.05) is 0 Å². The van der Waals surface area contributed by atoms with Crippen molar-refractivity contribution in [3.05, 3.63) is 29.8 Å². The lowest BCUT2D eigenvalue weighted by Crippen LogP contribution is -2.26. The maximum atomic E-state index is 10.5. The van der Waals surface area contributed by atoms with Crippen LogP contribution in [0.15, 0.2) is 24.3 Å². The van der Waals surface area contributed by atoms with Gasteiger partial charge in [0.15, 0.2) is 0 Å². The van der Waals surface area contributed by atoms with Gasteiger partial charge in [-0.1, -0.05) is 31.4 Å². The summed E-state index contributed by atoms with van der Waals surface area (Å²) in [6.07, 6.45) is 8.61. The molecule has 110 valence electrons. The quantitative estimate of drug-likeness (QED) is 0.888. The maximum absolute atomic E-state index is 10.5. The molecule has 1 aromatic carbocycles. The van der Waals surface area contributed by atoms with Crippen LogP contribution in [0.3, 0.4) is 0 Å². The summed E-state index contributed by atoms with van der Waals surface area (Å²) in [7, 11) is 0. The van der Waals surface area contributed by atoms with Crippen molar-refractivity contribution >= 4 is 5.69 Å². The summed E-state index contributed by atoms with van der Waals surface area (Å²) >= 11 is 0. The lowest BCUT2D eigenvalue weighted by atomic mass is 9.83. The van der Waals surface area contributed by atoms with Crippen LogP contribution in [-0.2, 0) is 0 Å². The number of rotatable bonds is 3. The number of aliphatic hydroxyl groups excluding tert-OH is 1. The minimum atomic E-state index is -0.264. The van der Waals surface area contributed by atoms with Gasteiger partial charge in [0.2, 0.25) is 0 Å². The SMILES string of the molecule is CC1CCCN1c1ccc(C(O)C2CCCCC2)cc1. The van der Waals surface area contributed by atoms with E-state index in [-0.39, 0.29) is 6.10 Å². The standard InChI is InChI=1S/C18H27NO/c1-14-6-5-13-19(14)17-11-9-16(10-12-17)18(20)15-7-3-2-4-8-15/h9-12,14-15,18,20H,2-8,13H2,1H3. The molecule has 2 fully saturated rings. The third kappa shape index (κ3) is 2.85. The van der Waals surface area contributed by atoms with Crippen LogP contribution in [-0.4, -0.2) is 17.7 Å². The Kier molecular flexibility index (Phi) is 4.30. The number of benzene rings is 1. The van der Waals surface area contributed by atoms with Crippen molar-refractivity contribution in [2.75, 3.05) is 11.4 Å². The molecule has 1 saturated carbocycles. The van der Waals surface area contributed by atoms with Crippen LogP contribution >= 0.6 is 0 Å². The van der Waals surface area contributed by atoms with E-state index in [9.17, 15) is 5.11 Å². The zero-order valence-corrected chi connectivity index (χ0v) is 12.6. The first-order valence-corrected chi connectivity index (χ1v) is 8.30. The first-order chi connectivity index (χ1) is 9.75. The van der Waals surface area contributed by atoms with Crippen molar-refractivity contribution in [3.8, 4) is 0 Å². The van der Waals surface area contributed by atoms with Gasteiger partial charge >= 0.3 is 0 Å². The van der Waals surface area contributed by atoms with E-state index in [2.05, 4.69) is 36.1 Å². The van der Waals surface area contributed by atoms with E-state index in [0.717, 1.165) is 5.56 Å². The number of hydrogen-bond acceptors (Lipinski definition) is 2. The summed E-state index contributed by atoms with van der Waals surface area (Å²) in [4.78, 5) is 2.48. The van der Waals surface area contributed by atoms with Gasteiger partial charge in [-0.15, -0.1) is 0 Å². The number of nitrogens with zero attached hydrogens (tertiary/aromatic N) is 1. The molecule has 2 nitrogen and oxygen atoms in total. The number of anilines is 1. The molecular weight excluding hydrogens is 246 g/mol. The van der Waals surface area contributed by atoms with Crippen LogP contribution < -0.4 is 4.90 Å². The average molecular weight is 273 g/mol. The molecule has 0 spiro atoms. The zero-order valence-electron chi connectivity index (χ0n) is 12.6. The molecule has 2 atom stereocenters. The molecule has 1 N–H and O–H groups in total. The molecular formula is C18H27NO. The van der Waals surface area contributed by atoms with Gasteiger partial charge in [0.05, 0.1) is 6.10 Å². The van der Waals surface area contributed by atoms with Gasteiger partial charge in [-0.05, 0) is 56.2 Å². The highest BCUT2D eigenvalue weighted by Crippen LogP contribution is 2.35. The normalized spacial score (nSPS) is 25.9. The first-order valence-electron chi connectivity index (χ1n) is 8.30. The van der Waals surface area contributed by atoms with Crippen LogP contribution in [0.2, 0.25) is 0 Å². The van der Waals surface area contributed by atoms with Gasteiger partial charge in [-0.25, -0.2) is 0 Å². The Morgan fingerprint density at radius 2 is 1.70 bits per heavy atom. The lowest BCUT2D eigenvalue weighted by molar-refractivity contribution is 0.0848. The van der Waals surface area contributed by atoms with Gasteiger partial charge in [0, 0.05) is 18.3 Å². The predicted molar refractivity (Wildman–Crippen MR) is 84.0 cm³/mol. The zero-order chi connectivity index (χ0) is 13.9. The summed E-state index contributed by atoms with van der Waals surface area (Å²) in [5, 5.41) is 10.5. The van der Waals surface area contributed by atoms with Crippen molar-refractivity contribution in [2.24, 2.45) is 5.92 Å². The Morgan fingerprint density at radius 3 is 2.30 bits per heavy atom. The van der Waals surface area contributed by atoms with Gasteiger partial charge in [0.1, 0.15) is 0 Å². The lowest BCUT2D eigenvalue weighted by Gasteiger charge is -2.28. The Labute approximate surface area is 122 Å². The summed E-state index contributed by atoms with van der Waals surface area (Å²) in [5.74, 6) is 0.473. The fraction of sp³-hybridized carbons (Fsp3) is 0.667. The smallest absolute Gasteiger partial charge is 0.0818 e. The van der Waals surface area contributed by atoms with Crippen molar-refractivity contribution < 1.29 is 5.11 Å². The maximum Gasteiger partial charge on any atom is 0.0818 e. The first kappa shape index (κ1) is 13.9. The molecule has 1 aromatic rings. The summed E-state index contributed by atoms with van der Waals surface area (Å²) in [6, 6.07) is 9.33. The fourth-order valence-electron chi connectivity index (χ4n) is 3.90. The summed E-state index contributed by atoms with van der Waals surface area (Å²) < 4.78 is 0. The molecule has 1 aliphatic carbocycles. The van der Waals surface area contributed by atoms with Gasteiger partial charge < -0.3 is 10.0 Å². The molecule has 1 heterocycles. The van der Waals surface area contributed by atoms with Gasteiger partial charge in [-0.2, -0.15) is 0 Å². The van der Waals surface area contributed by atoms with Crippen molar-refractivity contribution in [3.63, 3.8) is 0 Å². The van der Waals surface area contributed by atoms with Crippen molar-refractivity contribution in [1.29, 1.82) is 0 Å². The highest BCUT2D eigenvalue weighted by Gasteiger charge is 2.24. The van der Waals surface area contributed by atoms with Crippen LogP contribution in [0, 0.1) is 5.92 Å². The summed E-state index contributed by atoms with van der Waals surface area (Å²) in [6.45, 7) is 3.48. The molecule has 0 aromatic heterocycles. The second-order valence-electron chi connectivity index (χ2n) is 6.62. The fourth-order valence-corrected chi connectivity index (χ4v) is 3.90. The Balaban J connectivity index is 1.68. The third-order valence-corrected chi connectivity index (χ3v) is 5.22. The van der Waals surface area contributed by atoms with E-state index in [0.29, 0.717) is 12.0 Å². The highest BCUT2D eigenvalue weighted by atomic mass is 16.3. The molecule has 3 rings (SSSR count). The van der Waals surface area contributed by atoms with E-state index in [1.165, 1.54) is 57.2 Å². The Morgan fingerprint density at radius 1 is 1.00 bits per heavy atom. The van der Waals surface area contributed by atoms with Crippen LogP contribution in [0.5, 0.6) is 0 Å². The van der Waals surface area contributed by atoms with E-state index in [1.54, 1.807) is 0 Å². The predicted octanol–water partition coefficient (Wildman–Crippen LogP) is 4.29. The average Bonchev–Trinajstić information content (AvgIpc) is 2.94. The molecule has 2 aliphatic rings. The van der Waals surface area contributed by atoms with E-state index >= 15 is 0 Å². The molecule has 0 bridgehead atoms. The van der Waals surface area contributed by atoms with Crippen molar-refractivity contribution in [1.82, 2.24) is 0 Å². The molecule has 1 aliphatic heterocycles. The minimum Gasteiger partial charge on any atom is -0.388 e. The molecule has 0 amide bonds. The van der Waals surface area contributed by atoms with Crippen molar-refractivity contribution in [2.45, 2.75) is 64.0 Å². The molecule has 0 radical (unpaired) electrons. The molecule has 1 saturated heterocycles. The Hall–Kier alpha value is -1.02. The van der Waals surface area contributed by atoms with Crippen LogP contribution in [0.1, 0.15) is 63.5 Å². The van der Waals surface area contributed by atoms with E-state index in [4.69, 9.17) is 0 Å². The van der Waals surface area contributed by atoms with Gasteiger partial charge in [-0.3, -0.25) is 0 Å². The second kappa shape index (κ2) is 6.17. The second-order valence-corrected chi connectivity index (χ2v) is 6.62. The topological polar surface area (TPSA) is 23.5 Å². The monoisotopic (exact) mass is 273 g/mol. The molecule has 2 heteroatoms. The number of hydrogen-bond donors (Lipinski definition) is 1. The number of aliphatic hydroxyl groups is 1. The molecule has 2 unspecified atom stereocenters. The third-order valence-electron chi connectivity index (χ3n) is 5.22. The van der Waals surface area contributed by atoms with Gasteiger partial charge in [0.25, 0.3) is 0 Å². The minimum absolute atomic E-state index is 0.264.